The summed E-state index contributed by atoms with van der Waals surface area (Å²) < 4.78 is 2.23. The minimum atomic E-state index is 0.208. The summed E-state index contributed by atoms with van der Waals surface area (Å²) in [5.41, 5.74) is 1.51. The van der Waals surface area contributed by atoms with E-state index in [2.05, 4.69) is 34.6 Å². The van der Waals surface area contributed by atoms with Gasteiger partial charge in [0.2, 0.25) is 0 Å². The molecular formula is C13H19N3. The highest BCUT2D eigenvalue weighted by atomic mass is 15.1. The highest BCUT2D eigenvalue weighted by molar-refractivity contribution is 5.18. The Balaban J connectivity index is 2.28. The minimum absolute atomic E-state index is 0.208. The second kappa shape index (κ2) is 4.31. The SMILES string of the molecule is C#CCC(C)n1cncc1C1(C)CCNC1. The lowest BCUT2D eigenvalue weighted by atomic mass is 9.86. The van der Waals surface area contributed by atoms with Crippen molar-refractivity contribution in [1.82, 2.24) is 14.9 Å². The van der Waals surface area contributed by atoms with E-state index >= 15 is 0 Å². The highest BCUT2D eigenvalue weighted by Crippen LogP contribution is 2.31. The van der Waals surface area contributed by atoms with E-state index in [9.17, 15) is 0 Å². The summed E-state index contributed by atoms with van der Waals surface area (Å²) in [5, 5.41) is 3.42. The van der Waals surface area contributed by atoms with Gasteiger partial charge in [-0.2, -0.15) is 0 Å². The molecule has 0 aliphatic carbocycles. The third-order valence-corrected chi connectivity index (χ3v) is 3.54. The molecule has 0 radical (unpaired) electrons. The molecular weight excluding hydrogens is 198 g/mol. The van der Waals surface area contributed by atoms with Crippen LogP contribution < -0.4 is 5.32 Å². The molecule has 86 valence electrons. The van der Waals surface area contributed by atoms with Crippen LogP contribution in [0.2, 0.25) is 0 Å². The zero-order chi connectivity index (χ0) is 11.6. The Labute approximate surface area is 97.3 Å². The first-order chi connectivity index (χ1) is 7.67. The maximum absolute atomic E-state index is 5.38. The van der Waals surface area contributed by atoms with Crippen LogP contribution in [-0.2, 0) is 5.41 Å². The summed E-state index contributed by atoms with van der Waals surface area (Å²) in [6.45, 7) is 6.56. The van der Waals surface area contributed by atoms with Crippen LogP contribution in [0.25, 0.3) is 0 Å². The molecule has 1 aromatic heterocycles. The molecule has 3 nitrogen and oxygen atoms in total. The van der Waals surface area contributed by atoms with Gasteiger partial charge in [-0.3, -0.25) is 0 Å². The summed E-state index contributed by atoms with van der Waals surface area (Å²) in [6, 6.07) is 0.333. The number of terminal acetylenes is 1. The fourth-order valence-electron chi connectivity index (χ4n) is 2.43. The van der Waals surface area contributed by atoms with Gasteiger partial charge in [0, 0.05) is 36.3 Å². The topological polar surface area (TPSA) is 29.9 Å². The van der Waals surface area contributed by atoms with Crippen molar-refractivity contribution in [3.63, 3.8) is 0 Å². The first-order valence-electron chi connectivity index (χ1n) is 5.84. The molecule has 1 N–H and O–H groups in total. The van der Waals surface area contributed by atoms with Crippen molar-refractivity contribution in [2.24, 2.45) is 0 Å². The van der Waals surface area contributed by atoms with Crippen molar-refractivity contribution < 1.29 is 0 Å². The molecule has 2 unspecified atom stereocenters. The molecule has 1 aliphatic heterocycles. The molecule has 1 fully saturated rings. The standard InChI is InChI=1S/C13H19N3/c1-4-5-11(2)16-10-15-8-12(16)13(3)6-7-14-9-13/h1,8,10-11,14H,5-7,9H2,2-3H3. The van der Waals surface area contributed by atoms with E-state index < -0.39 is 0 Å². The maximum atomic E-state index is 5.38. The van der Waals surface area contributed by atoms with Crippen molar-refractivity contribution in [2.75, 3.05) is 13.1 Å². The molecule has 0 bridgehead atoms. The zero-order valence-electron chi connectivity index (χ0n) is 10.0. The predicted octanol–water partition coefficient (Wildman–Crippen LogP) is 1.72. The molecule has 0 saturated carbocycles. The van der Waals surface area contributed by atoms with Crippen molar-refractivity contribution >= 4 is 0 Å². The molecule has 16 heavy (non-hydrogen) atoms. The van der Waals surface area contributed by atoms with Crippen LogP contribution >= 0.6 is 0 Å². The molecule has 2 rings (SSSR count). The summed E-state index contributed by atoms with van der Waals surface area (Å²) in [5.74, 6) is 2.72. The molecule has 1 saturated heterocycles. The molecule has 3 heteroatoms. The van der Waals surface area contributed by atoms with Gasteiger partial charge < -0.3 is 9.88 Å². The fourth-order valence-corrected chi connectivity index (χ4v) is 2.43. The van der Waals surface area contributed by atoms with Crippen LogP contribution in [0.5, 0.6) is 0 Å². The first kappa shape index (κ1) is 11.2. The monoisotopic (exact) mass is 217 g/mol. The quantitative estimate of drug-likeness (QED) is 0.781. The molecule has 2 heterocycles. The van der Waals surface area contributed by atoms with Gasteiger partial charge in [-0.05, 0) is 19.9 Å². The second-order valence-corrected chi connectivity index (χ2v) is 4.93. The van der Waals surface area contributed by atoms with Crippen LogP contribution in [-0.4, -0.2) is 22.6 Å². The van der Waals surface area contributed by atoms with Gasteiger partial charge >= 0.3 is 0 Å². The van der Waals surface area contributed by atoms with E-state index in [1.54, 1.807) is 0 Å². The number of rotatable bonds is 3. The normalized spacial score (nSPS) is 26.6. The Bertz CT molecular complexity index is 394. The van der Waals surface area contributed by atoms with Gasteiger partial charge in [0.15, 0.2) is 0 Å². The third-order valence-electron chi connectivity index (χ3n) is 3.54. The summed E-state index contributed by atoms with van der Waals surface area (Å²) >= 11 is 0. The van der Waals surface area contributed by atoms with Crippen LogP contribution in [0, 0.1) is 12.3 Å². The van der Waals surface area contributed by atoms with Crippen LogP contribution in [0.3, 0.4) is 0 Å². The van der Waals surface area contributed by atoms with E-state index in [0.717, 1.165) is 19.5 Å². The lowest BCUT2D eigenvalue weighted by Gasteiger charge is -2.26. The number of imidazole rings is 1. The van der Waals surface area contributed by atoms with Crippen LogP contribution in [0.15, 0.2) is 12.5 Å². The third kappa shape index (κ3) is 1.85. The van der Waals surface area contributed by atoms with Gasteiger partial charge in [0.1, 0.15) is 0 Å². The fraction of sp³-hybridized carbons (Fsp3) is 0.615. The minimum Gasteiger partial charge on any atom is -0.330 e. The van der Waals surface area contributed by atoms with Gasteiger partial charge in [-0.15, -0.1) is 12.3 Å². The highest BCUT2D eigenvalue weighted by Gasteiger charge is 2.33. The van der Waals surface area contributed by atoms with Crippen molar-refractivity contribution in [3.05, 3.63) is 18.2 Å². The number of nitrogens with zero attached hydrogens (tertiary/aromatic N) is 2. The average Bonchev–Trinajstić information content (AvgIpc) is 2.86. The van der Waals surface area contributed by atoms with Crippen molar-refractivity contribution in [3.8, 4) is 12.3 Å². The predicted molar refractivity (Wildman–Crippen MR) is 65.2 cm³/mol. The Morgan fingerprint density at radius 3 is 3.19 bits per heavy atom. The summed E-state index contributed by atoms with van der Waals surface area (Å²) in [6.07, 6.45) is 11.2. The van der Waals surface area contributed by atoms with E-state index in [1.165, 1.54) is 12.1 Å². The van der Waals surface area contributed by atoms with Crippen molar-refractivity contribution in [2.45, 2.75) is 38.1 Å². The van der Waals surface area contributed by atoms with E-state index in [1.807, 2.05) is 12.5 Å². The molecule has 2 atom stereocenters. The number of hydrogen-bond acceptors (Lipinski definition) is 2. The van der Waals surface area contributed by atoms with Gasteiger partial charge in [-0.25, -0.2) is 4.98 Å². The number of nitrogens with one attached hydrogen (secondary N) is 1. The molecule has 0 spiro atoms. The second-order valence-electron chi connectivity index (χ2n) is 4.93. The zero-order valence-corrected chi connectivity index (χ0v) is 10.0. The maximum Gasteiger partial charge on any atom is 0.0951 e. The Hall–Kier alpha value is -1.27. The van der Waals surface area contributed by atoms with Gasteiger partial charge in [0.05, 0.1) is 6.33 Å². The lowest BCUT2D eigenvalue weighted by Crippen LogP contribution is -2.28. The van der Waals surface area contributed by atoms with Gasteiger partial charge in [-0.1, -0.05) is 6.92 Å². The summed E-state index contributed by atoms with van der Waals surface area (Å²) in [7, 11) is 0. The summed E-state index contributed by atoms with van der Waals surface area (Å²) in [4.78, 5) is 4.28. The van der Waals surface area contributed by atoms with E-state index in [4.69, 9.17) is 6.42 Å². The first-order valence-corrected chi connectivity index (χ1v) is 5.84. The lowest BCUT2D eigenvalue weighted by molar-refractivity contribution is 0.441. The molecule has 0 amide bonds. The van der Waals surface area contributed by atoms with Crippen molar-refractivity contribution in [1.29, 1.82) is 0 Å². The smallest absolute Gasteiger partial charge is 0.0951 e. The Morgan fingerprint density at radius 2 is 2.56 bits per heavy atom. The Kier molecular flexibility index (Phi) is 3.02. The average molecular weight is 217 g/mol. The Morgan fingerprint density at radius 1 is 1.75 bits per heavy atom. The number of hydrogen-bond donors (Lipinski definition) is 1. The van der Waals surface area contributed by atoms with Crippen LogP contribution in [0.4, 0.5) is 0 Å². The molecule has 0 aromatic carbocycles. The van der Waals surface area contributed by atoms with E-state index in [-0.39, 0.29) is 5.41 Å². The van der Waals surface area contributed by atoms with E-state index in [0.29, 0.717) is 6.04 Å². The van der Waals surface area contributed by atoms with Gasteiger partial charge in [0.25, 0.3) is 0 Å². The number of aromatic nitrogens is 2. The molecule has 1 aromatic rings. The largest absolute Gasteiger partial charge is 0.330 e. The molecule has 1 aliphatic rings. The van der Waals surface area contributed by atoms with Crippen LogP contribution in [0.1, 0.15) is 38.4 Å².